The summed E-state index contributed by atoms with van der Waals surface area (Å²) in [6, 6.07) is 0.238. The fourth-order valence-electron chi connectivity index (χ4n) is 2.12. The minimum absolute atomic E-state index is 0.112. The molecule has 0 aliphatic rings. The monoisotopic (exact) mass is 256 g/mol. The van der Waals surface area contributed by atoms with E-state index in [0.29, 0.717) is 24.8 Å². The molecule has 2 unspecified atom stereocenters. The van der Waals surface area contributed by atoms with Gasteiger partial charge in [0.1, 0.15) is 0 Å². The van der Waals surface area contributed by atoms with Gasteiger partial charge in [-0.25, -0.2) is 0 Å². The molecule has 2 N–H and O–H groups in total. The van der Waals surface area contributed by atoms with Crippen LogP contribution in [0.5, 0.6) is 0 Å². The summed E-state index contributed by atoms with van der Waals surface area (Å²) in [5.41, 5.74) is 5.87. The van der Waals surface area contributed by atoms with Crippen molar-refractivity contribution in [3.05, 3.63) is 0 Å². The van der Waals surface area contributed by atoms with Gasteiger partial charge in [-0.05, 0) is 37.1 Å². The predicted molar refractivity (Wildman–Crippen MR) is 78.3 cm³/mol. The van der Waals surface area contributed by atoms with Gasteiger partial charge in [0, 0.05) is 19.5 Å². The van der Waals surface area contributed by atoms with Gasteiger partial charge in [-0.15, -0.1) is 0 Å². The highest BCUT2D eigenvalue weighted by molar-refractivity contribution is 5.76. The van der Waals surface area contributed by atoms with Crippen LogP contribution in [0.3, 0.4) is 0 Å². The number of amides is 1. The zero-order valence-corrected chi connectivity index (χ0v) is 13.3. The van der Waals surface area contributed by atoms with Gasteiger partial charge in [0.15, 0.2) is 0 Å². The average Bonchev–Trinajstić information content (AvgIpc) is 2.23. The third-order valence-electron chi connectivity index (χ3n) is 3.83. The molecule has 0 aliphatic heterocycles. The van der Waals surface area contributed by atoms with Gasteiger partial charge in [0.2, 0.25) is 5.91 Å². The molecule has 1 amide bonds. The van der Waals surface area contributed by atoms with E-state index in [4.69, 9.17) is 5.73 Å². The van der Waals surface area contributed by atoms with Crippen LogP contribution in [0.1, 0.15) is 54.4 Å². The second kappa shape index (κ2) is 7.13. The Bertz CT molecular complexity index is 256. The molecule has 3 nitrogen and oxygen atoms in total. The summed E-state index contributed by atoms with van der Waals surface area (Å²) in [4.78, 5) is 14.1. The molecule has 0 aromatic heterocycles. The molecule has 0 rings (SSSR count). The smallest absolute Gasteiger partial charge is 0.222 e. The highest BCUT2D eigenvalue weighted by Gasteiger charge is 2.28. The van der Waals surface area contributed by atoms with Crippen molar-refractivity contribution in [1.82, 2.24) is 4.90 Å². The van der Waals surface area contributed by atoms with E-state index in [2.05, 4.69) is 41.5 Å². The lowest BCUT2D eigenvalue weighted by Gasteiger charge is -2.36. The Labute approximate surface area is 113 Å². The first kappa shape index (κ1) is 17.4. The number of carbonyl (C=O) groups is 1. The fourth-order valence-corrected chi connectivity index (χ4v) is 2.12. The first-order valence-electron chi connectivity index (χ1n) is 7.05. The molecule has 0 heterocycles. The zero-order chi connectivity index (χ0) is 14.5. The van der Waals surface area contributed by atoms with Crippen molar-refractivity contribution in [3.8, 4) is 0 Å². The minimum Gasteiger partial charge on any atom is -0.343 e. The average molecular weight is 256 g/mol. The van der Waals surface area contributed by atoms with Crippen LogP contribution in [0.2, 0.25) is 0 Å². The molecule has 0 radical (unpaired) electrons. The van der Waals surface area contributed by atoms with Crippen LogP contribution in [0.25, 0.3) is 0 Å². The van der Waals surface area contributed by atoms with Gasteiger partial charge < -0.3 is 10.6 Å². The highest BCUT2D eigenvalue weighted by atomic mass is 16.2. The van der Waals surface area contributed by atoms with E-state index in [9.17, 15) is 4.79 Å². The molecule has 0 aromatic carbocycles. The van der Waals surface area contributed by atoms with E-state index < -0.39 is 0 Å². The molecule has 0 aromatic rings. The van der Waals surface area contributed by atoms with Gasteiger partial charge in [-0.2, -0.15) is 0 Å². The van der Waals surface area contributed by atoms with Crippen LogP contribution in [-0.4, -0.2) is 30.4 Å². The summed E-state index contributed by atoms with van der Waals surface area (Å²) in [5.74, 6) is 1.12. The maximum atomic E-state index is 12.3. The number of hydrogen-bond acceptors (Lipinski definition) is 2. The maximum Gasteiger partial charge on any atom is 0.222 e. The Morgan fingerprint density at radius 3 is 2.06 bits per heavy atom. The van der Waals surface area contributed by atoms with E-state index >= 15 is 0 Å². The van der Waals surface area contributed by atoms with Crippen LogP contribution in [0.4, 0.5) is 0 Å². The normalized spacial score (nSPS) is 15.6. The van der Waals surface area contributed by atoms with Crippen molar-refractivity contribution in [3.63, 3.8) is 0 Å². The van der Waals surface area contributed by atoms with E-state index in [-0.39, 0.29) is 17.4 Å². The predicted octanol–water partition coefficient (Wildman–Crippen LogP) is 2.89. The molecular weight excluding hydrogens is 224 g/mol. The Morgan fingerprint density at radius 2 is 1.72 bits per heavy atom. The topological polar surface area (TPSA) is 46.3 Å². The summed E-state index contributed by atoms with van der Waals surface area (Å²) < 4.78 is 0. The standard InChI is InChI=1S/C15H32N2O/c1-11(2)8-13(10-16)9-14(18)17(7)12(3)15(4,5)6/h11-13H,8-10,16H2,1-7H3. The second-order valence-corrected chi connectivity index (χ2v) is 6.98. The van der Waals surface area contributed by atoms with Crippen LogP contribution in [0, 0.1) is 17.3 Å². The van der Waals surface area contributed by atoms with Crippen molar-refractivity contribution < 1.29 is 4.79 Å². The van der Waals surface area contributed by atoms with Crippen LogP contribution < -0.4 is 5.73 Å². The molecular formula is C15H32N2O. The lowest BCUT2D eigenvalue weighted by atomic mass is 9.86. The Hall–Kier alpha value is -0.570. The number of carbonyl (C=O) groups excluding carboxylic acids is 1. The Balaban J connectivity index is 4.47. The van der Waals surface area contributed by atoms with Crippen molar-refractivity contribution in [1.29, 1.82) is 0 Å². The van der Waals surface area contributed by atoms with Crippen molar-refractivity contribution >= 4 is 5.91 Å². The summed E-state index contributed by atoms with van der Waals surface area (Å²) in [7, 11) is 1.90. The summed E-state index contributed by atoms with van der Waals surface area (Å²) in [5, 5.41) is 0. The molecule has 3 heteroatoms. The van der Waals surface area contributed by atoms with Gasteiger partial charge in [-0.1, -0.05) is 34.6 Å². The molecule has 108 valence electrons. The second-order valence-electron chi connectivity index (χ2n) is 6.98. The van der Waals surface area contributed by atoms with Crippen molar-refractivity contribution in [2.24, 2.45) is 23.0 Å². The molecule has 0 bridgehead atoms. The van der Waals surface area contributed by atoms with Gasteiger partial charge in [-0.3, -0.25) is 4.79 Å². The Kier molecular flexibility index (Phi) is 6.90. The summed E-state index contributed by atoms with van der Waals surface area (Å²) in [6.45, 7) is 13.5. The molecule has 2 atom stereocenters. The van der Waals surface area contributed by atoms with E-state index in [0.717, 1.165) is 6.42 Å². The van der Waals surface area contributed by atoms with Crippen molar-refractivity contribution in [2.75, 3.05) is 13.6 Å². The largest absolute Gasteiger partial charge is 0.343 e. The Morgan fingerprint density at radius 1 is 1.22 bits per heavy atom. The SMILES string of the molecule is CC(C)CC(CN)CC(=O)N(C)C(C)C(C)(C)C. The van der Waals surface area contributed by atoms with E-state index in [1.807, 2.05) is 11.9 Å². The highest BCUT2D eigenvalue weighted by Crippen LogP contribution is 2.24. The van der Waals surface area contributed by atoms with Gasteiger partial charge in [0.25, 0.3) is 0 Å². The zero-order valence-electron chi connectivity index (χ0n) is 13.3. The summed E-state index contributed by atoms with van der Waals surface area (Å²) in [6.07, 6.45) is 1.60. The molecule has 0 fully saturated rings. The van der Waals surface area contributed by atoms with E-state index in [1.54, 1.807) is 0 Å². The number of nitrogens with two attached hydrogens (primary N) is 1. The molecule has 0 spiro atoms. The number of hydrogen-bond donors (Lipinski definition) is 1. The van der Waals surface area contributed by atoms with E-state index in [1.165, 1.54) is 0 Å². The molecule has 0 saturated carbocycles. The number of nitrogens with zero attached hydrogens (tertiary/aromatic N) is 1. The van der Waals surface area contributed by atoms with Gasteiger partial charge >= 0.3 is 0 Å². The first-order valence-corrected chi connectivity index (χ1v) is 7.05. The van der Waals surface area contributed by atoms with Crippen LogP contribution in [-0.2, 0) is 4.79 Å². The van der Waals surface area contributed by atoms with Crippen molar-refractivity contribution in [2.45, 2.75) is 60.4 Å². The van der Waals surface area contributed by atoms with Crippen LogP contribution in [0.15, 0.2) is 0 Å². The molecule has 0 aliphatic carbocycles. The maximum absolute atomic E-state index is 12.3. The first-order chi connectivity index (χ1) is 8.09. The van der Waals surface area contributed by atoms with Crippen LogP contribution >= 0.6 is 0 Å². The fraction of sp³-hybridized carbons (Fsp3) is 0.933. The molecule has 18 heavy (non-hydrogen) atoms. The summed E-state index contributed by atoms with van der Waals surface area (Å²) >= 11 is 0. The third-order valence-corrected chi connectivity index (χ3v) is 3.83. The quantitative estimate of drug-likeness (QED) is 0.794. The van der Waals surface area contributed by atoms with Gasteiger partial charge in [0.05, 0.1) is 0 Å². The lowest BCUT2D eigenvalue weighted by Crippen LogP contribution is -2.43. The third kappa shape index (κ3) is 5.85. The molecule has 0 saturated heterocycles. The minimum atomic E-state index is 0.112. The number of rotatable bonds is 6. The lowest BCUT2D eigenvalue weighted by molar-refractivity contribution is -0.134.